The summed E-state index contributed by atoms with van der Waals surface area (Å²) >= 11 is 0. The van der Waals surface area contributed by atoms with Gasteiger partial charge in [-0.25, -0.2) is 4.79 Å². The van der Waals surface area contributed by atoms with E-state index < -0.39 is 6.09 Å². The van der Waals surface area contributed by atoms with Crippen molar-refractivity contribution in [1.29, 1.82) is 0 Å². The van der Waals surface area contributed by atoms with Gasteiger partial charge in [0.1, 0.15) is 0 Å². The first-order chi connectivity index (χ1) is 9.19. The van der Waals surface area contributed by atoms with Crippen LogP contribution in [0.1, 0.15) is 11.5 Å². The molecule has 1 N–H and O–H groups in total. The molecule has 2 rings (SSSR count). The Hall–Kier alpha value is -2.37. The molecule has 0 bridgehead atoms. The van der Waals surface area contributed by atoms with Gasteiger partial charge in [-0.2, -0.15) is 4.98 Å². The van der Waals surface area contributed by atoms with E-state index in [1.165, 1.54) is 7.11 Å². The number of benzene rings is 1. The molecule has 0 saturated heterocycles. The molecule has 0 atom stereocenters. The zero-order valence-corrected chi connectivity index (χ0v) is 10.8. The third-order valence-electron chi connectivity index (χ3n) is 2.54. The van der Waals surface area contributed by atoms with Gasteiger partial charge in [0, 0.05) is 18.5 Å². The molecule has 0 aliphatic rings. The van der Waals surface area contributed by atoms with Crippen molar-refractivity contribution < 1.29 is 14.1 Å². The monoisotopic (exact) mass is 261 g/mol. The van der Waals surface area contributed by atoms with E-state index in [2.05, 4.69) is 20.2 Å². The van der Waals surface area contributed by atoms with E-state index in [4.69, 9.17) is 4.52 Å². The highest BCUT2D eigenvalue weighted by atomic mass is 16.5. The van der Waals surface area contributed by atoms with Crippen molar-refractivity contribution in [2.24, 2.45) is 0 Å². The van der Waals surface area contributed by atoms with Gasteiger partial charge in [0.2, 0.25) is 11.7 Å². The van der Waals surface area contributed by atoms with Crippen molar-refractivity contribution in [1.82, 2.24) is 15.5 Å². The Kier molecular flexibility index (Phi) is 4.12. The molecule has 19 heavy (non-hydrogen) atoms. The molecule has 1 amide bonds. The maximum absolute atomic E-state index is 10.9. The number of methoxy groups -OCH3 is 1. The average molecular weight is 261 g/mol. The third-order valence-corrected chi connectivity index (χ3v) is 2.54. The Balaban J connectivity index is 1.97. The first-order valence-corrected chi connectivity index (χ1v) is 5.90. The fourth-order valence-electron chi connectivity index (χ4n) is 1.60. The van der Waals surface area contributed by atoms with Gasteiger partial charge >= 0.3 is 6.09 Å². The first-order valence-electron chi connectivity index (χ1n) is 5.90. The number of carbonyl (C=O) groups excluding carboxylic acids is 1. The number of alkyl carbamates (subject to hydrolysis) is 1. The molecule has 2 aromatic rings. The van der Waals surface area contributed by atoms with Gasteiger partial charge in [-0.05, 0) is 13.0 Å². The van der Waals surface area contributed by atoms with E-state index in [0.29, 0.717) is 24.7 Å². The van der Waals surface area contributed by atoms with Crippen molar-refractivity contribution in [2.45, 2.75) is 13.3 Å². The Bertz CT molecular complexity index is 566. The molecule has 0 unspecified atom stereocenters. The average Bonchev–Trinajstić information content (AvgIpc) is 2.87. The second-order valence-electron chi connectivity index (χ2n) is 4.05. The third kappa shape index (κ3) is 3.54. The maximum Gasteiger partial charge on any atom is 0.406 e. The van der Waals surface area contributed by atoms with Crippen LogP contribution in [0, 0.1) is 6.92 Å². The summed E-state index contributed by atoms with van der Waals surface area (Å²) in [5, 5.41) is 6.47. The number of ether oxygens (including phenoxy) is 1. The smallest absolute Gasteiger partial charge is 0.406 e. The molecule has 6 heteroatoms. The number of nitrogens with one attached hydrogen (secondary N) is 1. The Labute approximate surface area is 110 Å². The minimum atomic E-state index is -0.474. The molecular weight excluding hydrogens is 246 g/mol. The predicted molar refractivity (Wildman–Crippen MR) is 68.6 cm³/mol. The molecule has 0 saturated carbocycles. The SMILES string of the molecule is COC(=O)NCCc1nc(-c2cccc(C)c2)no1. The Morgan fingerprint density at radius 2 is 2.32 bits per heavy atom. The highest BCUT2D eigenvalue weighted by Gasteiger charge is 2.09. The van der Waals surface area contributed by atoms with Crippen molar-refractivity contribution in [3.05, 3.63) is 35.7 Å². The molecule has 100 valence electrons. The number of carbonyl (C=O) groups is 1. The van der Waals surface area contributed by atoms with Crippen LogP contribution in [0.3, 0.4) is 0 Å². The van der Waals surface area contributed by atoms with E-state index in [0.717, 1.165) is 11.1 Å². The summed E-state index contributed by atoms with van der Waals surface area (Å²) in [6.07, 6.45) is -0.00750. The highest BCUT2D eigenvalue weighted by Crippen LogP contribution is 2.16. The van der Waals surface area contributed by atoms with E-state index >= 15 is 0 Å². The van der Waals surface area contributed by atoms with Crippen molar-refractivity contribution in [3.63, 3.8) is 0 Å². The van der Waals surface area contributed by atoms with Gasteiger partial charge in [0.25, 0.3) is 0 Å². The fourth-order valence-corrected chi connectivity index (χ4v) is 1.60. The van der Waals surface area contributed by atoms with Gasteiger partial charge in [-0.1, -0.05) is 28.9 Å². The topological polar surface area (TPSA) is 77.2 Å². The number of aromatic nitrogens is 2. The zero-order chi connectivity index (χ0) is 13.7. The summed E-state index contributed by atoms with van der Waals surface area (Å²) in [6.45, 7) is 2.40. The van der Waals surface area contributed by atoms with Crippen LogP contribution in [0.5, 0.6) is 0 Å². The van der Waals surface area contributed by atoms with Crippen molar-refractivity contribution >= 4 is 6.09 Å². The minimum Gasteiger partial charge on any atom is -0.453 e. The lowest BCUT2D eigenvalue weighted by atomic mass is 10.1. The number of hydrogen-bond donors (Lipinski definition) is 1. The molecule has 0 aliphatic heterocycles. The lowest BCUT2D eigenvalue weighted by Gasteiger charge is -1.99. The summed E-state index contributed by atoms with van der Waals surface area (Å²) in [4.78, 5) is 15.1. The van der Waals surface area contributed by atoms with Crippen LogP contribution >= 0.6 is 0 Å². The zero-order valence-electron chi connectivity index (χ0n) is 10.8. The molecular formula is C13H15N3O3. The molecule has 0 aliphatic carbocycles. The summed E-state index contributed by atoms with van der Waals surface area (Å²) < 4.78 is 9.58. The summed E-state index contributed by atoms with van der Waals surface area (Å²) in [6, 6.07) is 7.86. The standard InChI is InChI=1S/C13H15N3O3/c1-9-4-3-5-10(8-9)12-15-11(19-16-12)6-7-14-13(17)18-2/h3-5,8H,6-7H2,1-2H3,(H,14,17). The second kappa shape index (κ2) is 5.99. The van der Waals surface area contributed by atoms with Crippen LogP contribution < -0.4 is 5.32 Å². The maximum atomic E-state index is 10.9. The highest BCUT2D eigenvalue weighted by molar-refractivity contribution is 5.66. The number of rotatable bonds is 4. The number of amides is 1. The minimum absolute atomic E-state index is 0.391. The summed E-state index contributed by atoms with van der Waals surface area (Å²) in [5.74, 6) is 1.03. The van der Waals surface area contributed by atoms with Gasteiger partial charge < -0.3 is 14.6 Å². The molecule has 6 nitrogen and oxygen atoms in total. The molecule has 1 aromatic carbocycles. The Morgan fingerprint density at radius 3 is 3.05 bits per heavy atom. The Morgan fingerprint density at radius 1 is 1.47 bits per heavy atom. The van der Waals surface area contributed by atoms with Crippen molar-refractivity contribution in [2.75, 3.05) is 13.7 Å². The lowest BCUT2D eigenvalue weighted by Crippen LogP contribution is -2.25. The van der Waals surface area contributed by atoms with Crippen LogP contribution in [0.2, 0.25) is 0 Å². The lowest BCUT2D eigenvalue weighted by molar-refractivity contribution is 0.171. The molecule has 1 heterocycles. The van der Waals surface area contributed by atoms with Gasteiger partial charge in [-0.15, -0.1) is 0 Å². The quantitative estimate of drug-likeness (QED) is 0.910. The molecule has 1 aromatic heterocycles. The fraction of sp³-hybridized carbons (Fsp3) is 0.308. The van der Waals surface area contributed by atoms with Crippen LogP contribution in [0.15, 0.2) is 28.8 Å². The second-order valence-corrected chi connectivity index (χ2v) is 4.05. The predicted octanol–water partition coefficient (Wildman–Crippen LogP) is 1.94. The molecule has 0 fully saturated rings. The van der Waals surface area contributed by atoms with Gasteiger partial charge in [-0.3, -0.25) is 0 Å². The van der Waals surface area contributed by atoms with E-state index in [-0.39, 0.29) is 0 Å². The van der Waals surface area contributed by atoms with E-state index in [9.17, 15) is 4.79 Å². The van der Waals surface area contributed by atoms with Crippen molar-refractivity contribution in [3.8, 4) is 11.4 Å². The molecule has 0 spiro atoms. The van der Waals surface area contributed by atoms with E-state index in [1.807, 2.05) is 31.2 Å². The van der Waals surface area contributed by atoms with Gasteiger partial charge in [0.05, 0.1) is 7.11 Å². The van der Waals surface area contributed by atoms with Gasteiger partial charge in [0.15, 0.2) is 0 Å². The first kappa shape index (κ1) is 13.1. The van der Waals surface area contributed by atoms with Crippen LogP contribution in [-0.2, 0) is 11.2 Å². The number of nitrogens with zero attached hydrogens (tertiary/aromatic N) is 2. The van der Waals surface area contributed by atoms with Crippen LogP contribution in [0.4, 0.5) is 4.79 Å². The normalized spacial score (nSPS) is 10.2. The van der Waals surface area contributed by atoms with Crippen LogP contribution in [-0.4, -0.2) is 29.9 Å². The van der Waals surface area contributed by atoms with Crippen LogP contribution in [0.25, 0.3) is 11.4 Å². The van der Waals surface area contributed by atoms with E-state index in [1.54, 1.807) is 0 Å². The number of aryl methyl sites for hydroxylation is 1. The summed E-state index contributed by atoms with van der Waals surface area (Å²) in [7, 11) is 1.32. The number of hydrogen-bond acceptors (Lipinski definition) is 5. The summed E-state index contributed by atoms with van der Waals surface area (Å²) in [5.41, 5.74) is 2.05. The largest absolute Gasteiger partial charge is 0.453 e. The molecule has 0 radical (unpaired) electrons.